The van der Waals surface area contributed by atoms with Gasteiger partial charge >= 0.3 is 0 Å². The third-order valence-corrected chi connectivity index (χ3v) is 3.87. The average molecular weight is 269 g/mol. The smallest absolute Gasteiger partial charge is 0.221 e. The first-order valence-corrected chi connectivity index (χ1v) is 7.12. The Morgan fingerprint density at radius 2 is 1.94 bits per heavy atom. The monoisotopic (exact) mass is 268 g/mol. The van der Waals surface area contributed by atoms with Crippen molar-refractivity contribution >= 4 is 11.6 Å². The maximum atomic E-state index is 6.13. The summed E-state index contributed by atoms with van der Waals surface area (Å²) < 4.78 is 5.86. The summed E-state index contributed by atoms with van der Waals surface area (Å²) in [6.45, 7) is 6.78. The van der Waals surface area contributed by atoms with Crippen LogP contribution in [-0.4, -0.2) is 16.6 Å². The SMILES string of the molecule is Cc1c(Cl)nc(C(C)C)nc1OCC1CCCC1. The molecule has 0 bridgehead atoms. The number of rotatable bonds is 4. The minimum Gasteiger partial charge on any atom is -0.477 e. The van der Waals surface area contributed by atoms with Crippen LogP contribution < -0.4 is 4.74 Å². The van der Waals surface area contributed by atoms with Crippen molar-refractivity contribution < 1.29 is 4.74 Å². The predicted molar refractivity (Wildman–Crippen MR) is 73.3 cm³/mol. The molecule has 0 atom stereocenters. The Balaban J connectivity index is 2.10. The topological polar surface area (TPSA) is 35.0 Å². The second kappa shape index (κ2) is 5.87. The first-order valence-electron chi connectivity index (χ1n) is 6.74. The van der Waals surface area contributed by atoms with E-state index in [1.165, 1.54) is 25.7 Å². The molecule has 0 spiro atoms. The van der Waals surface area contributed by atoms with E-state index in [9.17, 15) is 0 Å². The van der Waals surface area contributed by atoms with E-state index in [1.54, 1.807) is 0 Å². The summed E-state index contributed by atoms with van der Waals surface area (Å²) in [4.78, 5) is 8.76. The lowest BCUT2D eigenvalue weighted by atomic mass is 10.1. The molecule has 0 N–H and O–H groups in total. The van der Waals surface area contributed by atoms with Gasteiger partial charge in [0.25, 0.3) is 0 Å². The Labute approximate surface area is 114 Å². The van der Waals surface area contributed by atoms with Crippen LogP contribution >= 0.6 is 11.6 Å². The largest absolute Gasteiger partial charge is 0.477 e. The molecule has 1 fully saturated rings. The average Bonchev–Trinajstić information content (AvgIpc) is 2.83. The minimum atomic E-state index is 0.261. The lowest BCUT2D eigenvalue weighted by Gasteiger charge is -2.14. The number of halogens is 1. The highest BCUT2D eigenvalue weighted by atomic mass is 35.5. The van der Waals surface area contributed by atoms with E-state index in [2.05, 4.69) is 23.8 Å². The van der Waals surface area contributed by atoms with Gasteiger partial charge in [-0.25, -0.2) is 4.98 Å². The van der Waals surface area contributed by atoms with Crippen molar-refractivity contribution in [3.63, 3.8) is 0 Å². The molecule has 3 nitrogen and oxygen atoms in total. The molecular weight excluding hydrogens is 248 g/mol. The fraction of sp³-hybridized carbons (Fsp3) is 0.714. The van der Waals surface area contributed by atoms with Crippen LogP contribution in [0.1, 0.15) is 56.8 Å². The molecule has 18 heavy (non-hydrogen) atoms. The third kappa shape index (κ3) is 3.14. The first kappa shape index (κ1) is 13.6. The summed E-state index contributed by atoms with van der Waals surface area (Å²) in [5.74, 6) is 2.36. The molecule has 0 saturated heterocycles. The fourth-order valence-corrected chi connectivity index (χ4v) is 2.43. The Bertz CT molecular complexity index is 415. The Hall–Kier alpha value is -0.830. The first-order chi connectivity index (χ1) is 8.58. The summed E-state index contributed by atoms with van der Waals surface area (Å²) in [5.41, 5.74) is 0.846. The van der Waals surface area contributed by atoms with Crippen LogP contribution in [0.25, 0.3) is 0 Å². The number of ether oxygens (including phenoxy) is 1. The highest BCUT2D eigenvalue weighted by Crippen LogP contribution is 2.28. The normalized spacial score (nSPS) is 16.5. The molecule has 0 aromatic carbocycles. The van der Waals surface area contributed by atoms with Crippen LogP contribution in [0.2, 0.25) is 5.15 Å². The standard InChI is InChI=1S/C14H21ClN2O/c1-9(2)13-16-12(15)10(3)14(17-13)18-8-11-6-4-5-7-11/h9,11H,4-8H2,1-3H3. The van der Waals surface area contributed by atoms with Crippen molar-refractivity contribution in [2.24, 2.45) is 5.92 Å². The van der Waals surface area contributed by atoms with Crippen molar-refractivity contribution in [2.75, 3.05) is 6.61 Å². The molecule has 2 rings (SSSR count). The van der Waals surface area contributed by atoms with Gasteiger partial charge < -0.3 is 4.74 Å². The number of hydrogen-bond acceptors (Lipinski definition) is 3. The van der Waals surface area contributed by atoms with Gasteiger partial charge in [0.2, 0.25) is 5.88 Å². The van der Waals surface area contributed by atoms with Crippen LogP contribution in [0.3, 0.4) is 0 Å². The second-order valence-electron chi connectivity index (χ2n) is 5.42. The molecule has 1 aliphatic carbocycles. The van der Waals surface area contributed by atoms with Gasteiger partial charge in [-0.05, 0) is 25.7 Å². The zero-order valence-corrected chi connectivity index (χ0v) is 12.1. The Morgan fingerprint density at radius 3 is 2.56 bits per heavy atom. The van der Waals surface area contributed by atoms with Crippen LogP contribution in [-0.2, 0) is 0 Å². The van der Waals surface area contributed by atoms with Crippen LogP contribution in [0.5, 0.6) is 5.88 Å². The maximum absolute atomic E-state index is 6.13. The van der Waals surface area contributed by atoms with E-state index >= 15 is 0 Å². The van der Waals surface area contributed by atoms with Crippen LogP contribution in [0.4, 0.5) is 0 Å². The summed E-state index contributed by atoms with van der Waals surface area (Å²) in [6, 6.07) is 0. The maximum Gasteiger partial charge on any atom is 0.221 e. The molecule has 1 heterocycles. The van der Waals surface area contributed by atoms with E-state index in [1.807, 2.05) is 6.92 Å². The summed E-state index contributed by atoms with van der Waals surface area (Å²) >= 11 is 6.13. The highest BCUT2D eigenvalue weighted by Gasteiger charge is 2.18. The summed E-state index contributed by atoms with van der Waals surface area (Å²) in [6.07, 6.45) is 5.20. The molecule has 1 saturated carbocycles. The van der Waals surface area contributed by atoms with Crippen LogP contribution in [0.15, 0.2) is 0 Å². The molecular formula is C14H21ClN2O. The van der Waals surface area contributed by atoms with Crippen molar-refractivity contribution in [1.29, 1.82) is 0 Å². The molecule has 1 aliphatic rings. The van der Waals surface area contributed by atoms with Crippen molar-refractivity contribution in [1.82, 2.24) is 9.97 Å². The lowest BCUT2D eigenvalue weighted by molar-refractivity contribution is 0.240. The van der Waals surface area contributed by atoms with E-state index in [-0.39, 0.29) is 5.92 Å². The number of hydrogen-bond donors (Lipinski definition) is 0. The van der Waals surface area contributed by atoms with Gasteiger partial charge in [-0.1, -0.05) is 38.3 Å². The molecule has 1 aromatic rings. The van der Waals surface area contributed by atoms with E-state index in [0.29, 0.717) is 17.0 Å². The summed E-state index contributed by atoms with van der Waals surface area (Å²) in [7, 11) is 0. The fourth-order valence-electron chi connectivity index (χ4n) is 2.26. The molecule has 1 aromatic heterocycles. The van der Waals surface area contributed by atoms with Crippen molar-refractivity contribution in [3.05, 3.63) is 16.5 Å². The van der Waals surface area contributed by atoms with Gasteiger partial charge in [-0.2, -0.15) is 4.98 Å². The van der Waals surface area contributed by atoms with Gasteiger partial charge in [-0.15, -0.1) is 0 Å². The van der Waals surface area contributed by atoms with Crippen molar-refractivity contribution in [3.8, 4) is 5.88 Å². The summed E-state index contributed by atoms with van der Waals surface area (Å²) in [5, 5.41) is 0.509. The van der Waals surface area contributed by atoms with Gasteiger partial charge in [-0.3, -0.25) is 0 Å². The molecule has 0 unspecified atom stereocenters. The highest BCUT2D eigenvalue weighted by molar-refractivity contribution is 6.30. The van der Waals surface area contributed by atoms with Gasteiger partial charge in [0.1, 0.15) is 11.0 Å². The van der Waals surface area contributed by atoms with Gasteiger partial charge in [0, 0.05) is 11.5 Å². The Morgan fingerprint density at radius 1 is 1.28 bits per heavy atom. The molecule has 0 radical (unpaired) electrons. The third-order valence-electron chi connectivity index (χ3n) is 3.51. The van der Waals surface area contributed by atoms with E-state index < -0.39 is 0 Å². The van der Waals surface area contributed by atoms with Crippen molar-refractivity contribution in [2.45, 2.75) is 52.4 Å². The predicted octanol–water partition coefficient (Wildman–Crippen LogP) is 4.13. The second-order valence-corrected chi connectivity index (χ2v) is 5.78. The molecule has 4 heteroatoms. The minimum absolute atomic E-state index is 0.261. The lowest BCUT2D eigenvalue weighted by Crippen LogP contribution is -2.11. The van der Waals surface area contributed by atoms with E-state index in [0.717, 1.165) is 18.0 Å². The zero-order valence-electron chi connectivity index (χ0n) is 11.4. The molecule has 0 aliphatic heterocycles. The molecule has 0 amide bonds. The van der Waals surface area contributed by atoms with Gasteiger partial charge in [0.05, 0.1) is 6.61 Å². The Kier molecular flexibility index (Phi) is 4.44. The number of aromatic nitrogens is 2. The van der Waals surface area contributed by atoms with Crippen LogP contribution in [0, 0.1) is 12.8 Å². The quantitative estimate of drug-likeness (QED) is 0.770. The zero-order chi connectivity index (χ0) is 13.1. The van der Waals surface area contributed by atoms with E-state index in [4.69, 9.17) is 16.3 Å². The molecule has 100 valence electrons. The number of nitrogens with zero attached hydrogens (tertiary/aromatic N) is 2. The van der Waals surface area contributed by atoms with Gasteiger partial charge in [0.15, 0.2) is 0 Å².